The number of benzene rings is 2. The molecule has 8 heteroatoms. The molecule has 28 heavy (non-hydrogen) atoms. The molecule has 0 aliphatic rings. The molecule has 0 unspecified atom stereocenters. The molecule has 2 heterocycles. The van der Waals surface area contributed by atoms with E-state index < -0.39 is 0 Å². The molecule has 0 saturated carbocycles. The van der Waals surface area contributed by atoms with Gasteiger partial charge >= 0.3 is 0 Å². The van der Waals surface area contributed by atoms with Crippen LogP contribution < -0.4 is 10.1 Å². The quantitative estimate of drug-likeness (QED) is 0.558. The average Bonchev–Trinajstić information content (AvgIpc) is 3.33. The van der Waals surface area contributed by atoms with Crippen molar-refractivity contribution in [3.63, 3.8) is 0 Å². The number of aryl methyl sites for hydroxylation is 1. The number of methoxy groups -OCH3 is 1. The van der Waals surface area contributed by atoms with Crippen molar-refractivity contribution in [3.05, 3.63) is 66.1 Å². The van der Waals surface area contributed by atoms with Crippen molar-refractivity contribution in [3.8, 4) is 11.4 Å². The molecule has 0 saturated heterocycles. The van der Waals surface area contributed by atoms with Crippen LogP contribution in [0, 0.1) is 6.92 Å². The van der Waals surface area contributed by atoms with Gasteiger partial charge in [0.2, 0.25) is 0 Å². The molecule has 2 aromatic heterocycles. The summed E-state index contributed by atoms with van der Waals surface area (Å²) in [4.78, 5) is 12.7. The summed E-state index contributed by atoms with van der Waals surface area (Å²) in [5.41, 5.74) is 2.28. The molecule has 4 aromatic rings. The van der Waals surface area contributed by atoms with Crippen molar-refractivity contribution in [2.75, 3.05) is 13.7 Å². The number of para-hydroxylation sites is 1. The molecular formula is C20H20N6O2. The van der Waals surface area contributed by atoms with E-state index in [0.717, 1.165) is 16.7 Å². The molecule has 0 atom stereocenters. The van der Waals surface area contributed by atoms with Gasteiger partial charge in [0.1, 0.15) is 5.75 Å². The van der Waals surface area contributed by atoms with Gasteiger partial charge in [-0.3, -0.25) is 4.79 Å². The van der Waals surface area contributed by atoms with Gasteiger partial charge in [0.25, 0.3) is 5.91 Å². The monoisotopic (exact) mass is 376 g/mol. The van der Waals surface area contributed by atoms with E-state index in [-0.39, 0.29) is 5.91 Å². The lowest BCUT2D eigenvalue weighted by Crippen LogP contribution is -2.28. The summed E-state index contributed by atoms with van der Waals surface area (Å²) < 4.78 is 8.92. The van der Waals surface area contributed by atoms with Gasteiger partial charge in [0, 0.05) is 30.2 Å². The Morgan fingerprint density at radius 2 is 2.04 bits per heavy atom. The van der Waals surface area contributed by atoms with Crippen LogP contribution in [0.15, 0.2) is 54.7 Å². The van der Waals surface area contributed by atoms with E-state index in [2.05, 4.69) is 25.4 Å². The molecule has 0 aliphatic carbocycles. The third-order valence-corrected chi connectivity index (χ3v) is 4.62. The van der Waals surface area contributed by atoms with E-state index in [9.17, 15) is 4.79 Å². The number of carbonyl (C=O) groups is 1. The number of nitrogens with one attached hydrogen (secondary N) is 1. The molecule has 0 spiro atoms. The number of hydrogen-bond acceptors (Lipinski definition) is 5. The Bertz CT molecular complexity index is 1130. The van der Waals surface area contributed by atoms with Crippen LogP contribution in [0.25, 0.3) is 16.6 Å². The Morgan fingerprint density at radius 1 is 1.18 bits per heavy atom. The van der Waals surface area contributed by atoms with Crippen LogP contribution in [0.3, 0.4) is 0 Å². The topological polar surface area (TPSA) is 86.9 Å². The minimum Gasteiger partial charge on any atom is -0.497 e. The highest BCUT2D eigenvalue weighted by Crippen LogP contribution is 2.21. The number of carbonyl (C=O) groups excluding carboxylic acids is 1. The van der Waals surface area contributed by atoms with Crippen LogP contribution in [0.1, 0.15) is 16.2 Å². The van der Waals surface area contributed by atoms with Gasteiger partial charge in [-0.2, -0.15) is 4.68 Å². The second-order valence-corrected chi connectivity index (χ2v) is 6.34. The Labute approximate surface area is 161 Å². The van der Waals surface area contributed by atoms with Crippen molar-refractivity contribution in [2.24, 2.45) is 0 Å². The molecule has 0 bridgehead atoms. The van der Waals surface area contributed by atoms with Crippen molar-refractivity contribution in [2.45, 2.75) is 13.5 Å². The first-order valence-electron chi connectivity index (χ1n) is 8.93. The minimum absolute atomic E-state index is 0.163. The number of aromatic nitrogens is 5. The maximum absolute atomic E-state index is 12.7. The molecule has 142 valence electrons. The molecule has 0 aliphatic heterocycles. The molecule has 2 aromatic carbocycles. The number of rotatable bonds is 6. The average molecular weight is 376 g/mol. The van der Waals surface area contributed by atoms with Gasteiger partial charge in [0.05, 0.1) is 18.4 Å². The van der Waals surface area contributed by atoms with E-state index in [1.165, 1.54) is 0 Å². The molecule has 4 rings (SSSR count). The SMILES string of the molecule is COc1ccc2c(ccn2CCNC(=O)c2ccccc2-n2nnnc2C)c1. The molecule has 1 N–H and O–H groups in total. The second kappa shape index (κ2) is 7.51. The van der Waals surface area contributed by atoms with E-state index >= 15 is 0 Å². The summed E-state index contributed by atoms with van der Waals surface area (Å²) in [6, 6.07) is 15.3. The third kappa shape index (κ3) is 3.32. The second-order valence-electron chi connectivity index (χ2n) is 6.34. The van der Waals surface area contributed by atoms with Crippen LogP contribution in [-0.4, -0.2) is 44.3 Å². The zero-order valence-corrected chi connectivity index (χ0v) is 15.7. The maximum atomic E-state index is 12.7. The number of ether oxygens (including phenoxy) is 1. The predicted octanol–water partition coefficient (Wildman–Crippen LogP) is 2.36. The fourth-order valence-electron chi connectivity index (χ4n) is 3.19. The molecule has 1 amide bonds. The third-order valence-electron chi connectivity index (χ3n) is 4.62. The van der Waals surface area contributed by atoms with Gasteiger partial charge in [0.15, 0.2) is 5.82 Å². The maximum Gasteiger partial charge on any atom is 0.253 e. The van der Waals surface area contributed by atoms with E-state index in [4.69, 9.17) is 4.74 Å². The van der Waals surface area contributed by atoms with Crippen molar-refractivity contribution in [1.82, 2.24) is 30.1 Å². The first-order valence-corrected chi connectivity index (χ1v) is 8.93. The van der Waals surface area contributed by atoms with Gasteiger partial charge in [-0.15, -0.1) is 5.10 Å². The van der Waals surface area contributed by atoms with Gasteiger partial charge in [-0.05, 0) is 53.7 Å². The molecule has 0 fully saturated rings. The first kappa shape index (κ1) is 17.7. The van der Waals surface area contributed by atoms with E-state index in [1.54, 1.807) is 24.8 Å². The van der Waals surface area contributed by atoms with Crippen LogP contribution in [-0.2, 0) is 6.54 Å². The number of fused-ring (bicyclic) bond motifs is 1. The smallest absolute Gasteiger partial charge is 0.253 e. The normalized spacial score (nSPS) is 10.9. The number of nitrogens with zero attached hydrogens (tertiary/aromatic N) is 5. The van der Waals surface area contributed by atoms with Crippen LogP contribution >= 0.6 is 0 Å². The minimum atomic E-state index is -0.163. The lowest BCUT2D eigenvalue weighted by atomic mass is 10.1. The molecule has 8 nitrogen and oxygen atoms in total. The first-order chi connectivity index (χ1) is 13.7. The van der Waals surface area contributed by atoms with Gasteiger partial charge in [-0.1, -0.05) is 12.1 Å². The van der Waals surface area contributed by atoms with E-state index in [0.29, 0.717) is 30.2 Å². The summed E-state index contributed by atoms with van der Waals surface area (Å²) in [6.07, 6.45) is 2.01. The highest BCUT2D eigenvalue weighted by molar-refractivity contribution is 5.97. The van der Waals surface area contributed by atoms with Crippen LogP contribution in [0.4, 0.5) is 0 Å². The lowest BCUT2D eigenvalue weighted by Gasteiger charge is -2.11. The fourth-order valence-corrected chi connectivity index (χ4v) is 3.19. The standard InChI is InChI=1S/C20H20N6O2/c1-14-22-23-24-26(14)19-6-4-3-5-17(19)20(27)21-10-12-25-11-9-15-13-16(28-2)7-8-18(15)25/h3-9,11,13H,10,12H2,1-2H3,(H,21,27). The van der Waals surface area contributed by atoms with Gasteiger partial charge in [-0.25, -0.2) is 0 Å². The predicted molar refractivity (Wildman–Crippen MR) is 105 cm³/mol. The fraction of sp³-hybridized carbons (Fsp3) is 0.200. The zero-order valence-electron chi connectivity index (χ0n) is 15.7. The Morgan fingerprint density at radius 3 is 2.82 bits per heavy atom. The van der Waals surface area contributed by atoms with Crippen LogP contribution in [0.2, 0.25) is 0 Å². The molecular weight excluding hydrogens is 356 g/mol. The number of amides is 1. The van der Waals surface area contributed by atoms with Crippen LogP contribution in [0.5, 0.6) is 5.75 Å². The zero-order chi connectivity index (χ0) is 19.5. The largest absolute Gasteiger partial charge is 0.497 e. The number of hydrogen-bond donors (Lipinski definition) is 1. The number of tetrazole rings is 1. The Hall–Kier alpha value is -3.68. The van der Waals surface area contributed by atoms with E-state index in [1.807, 2.05) is 48.7 Å². The Kier molecular flexibility index (Phi) is 4.76. The summed E-state index contributed by atoms with van der Waals surface area (Å²) >= 11 is 0. The van der Waals surface area contributed by atoms with Crippen molar-refractivity contribution < 1.29 is 9.53 Å². The lowest BCUT2D eigenvalue weighted by molar-refractivity contribution is 0.0952. The summed E-state index contributed by atoms with van der Waals surface area (Å²) in [5.74, 6) is 1.28. The highest BCUT2D eigenvalue weighted by Gasteiger charge is 2.14. The summed E-state index contributed by atoms with van der Waals surface area (Å²) in [6.45, 7) is 2.95. The summed E-state index contributed by atoms with van der Waals surface area (Å²) in [7, 11) is 1.66. The summed E-state index contributed by atoms with van der Waals surface area (Å²) in [5, 5.41) is 15.6. The molecule has 0 radical (unpaired) electrons. The van der Waals surface area contributed by atoms with Crippen molar-refractivity contribution in [1.29, 1.82) is 0 Å². The van der Waals surface area contributed by atoms with Crippen molar-refractivity contribution >= 4 is 16.8 Å². The Balaban J connectivity index is 1.47. The highest BCUT2D eigenvalue weighted by atomic mass is 16.5. The van der Waals surface area contributed by atoms with Gasteiger partial charge < -0.3 is 14.6 Å².